The number of cyclic esters (lactones) is 1. The highest BCUT2D eigenvalue weighted by molar-refractivity contribution is 6.36. The molecule has 0 aliphatic carbocycles. The summed E-state index contributed by atoms with van der Waals surface area (Å²) in [5.74, 6) is 0. The summed E-state index contributed by atoms with van der Waals surface area (Å²) in [5, 5.41) is 3.88. The van der Waals surface area contributed by atoms with Crippen molar-refractivity contribution in [3.8, 4) is 0 Å². The Kier molecular flexibility index (Phi) is 4.76. The van der Waals surface area contributed by atoms with Crippen LogP contribution in [0.4, 0.5) is 4.79 Å². The molecule has 2 rings (SSSR count). The minimum Gasteiger partial charge on any atom is -0.449 e. The van der Waals surface area contributed by atoms with Crippen LogP contribution in [0.2, 0.25) is 10.0 Å². The van der Waals surface area contributed by atoms with Crippen LogP contribution >= 0.6 is 35.6 Å². The van der Waals surface area contributed by atoms with Gasteiger partial charge < -0.3 is 10.1 Å². The molecule has 1 fully saturated rings. The van der Waals surface area contributed by atoms with Gasteiger partial charge in [-0.2, -0.15) is 0 Å². The molecule has 1 aromatic rings. The minimum absolute atomic E-state index is 0. The van der Waals surface area contributed by atoms with Crippen molar-refractivity contribution in [1.82, 2.24) is 5.32 Å². The minimum atomic E-state index is -0.440. The van der Waals surface area contributed by atoms with Gasteiger partial charge in [0.15, 0.2) is 0 Å². The topological polar surface area (TPSA) is 38.3 Å². The molecule has 18 heavy (non-hydrogen) atoms. The number of ether oxygens (including phenoxy) is 1. The molecular formula is C12H14Cl3NO2. The maximum Gasteiger partial charge on any atom is 0.407 e. The molecule has 0 unspecified atom stereocenters. The zero-order valence-electron chi connectivity index (χ0n) is 10.00. The number of hydrogen-bond acceptors (Lipinski definition) is 2. The lowest BCUT2D eigenvalue weighted by atomic mass is 9.80. The van der Waals surface area contributed by atoms with Crippen LogP contribution in [0.15, 0.2) is 18.2 Å². The van der Waals surface area contributed by atoms with Gasteiger partial charge in [0.25, 0.3) is 0 Å². The van der Waals surface area contributed by atoms with Crippen LogP contribution in [-0.4, -0.2) is 12.7 Å². The van der Waals surface area contributed by atoms with Crippen LogP contribution in [0.5, 0.6) is 0 Å². The van der Waals surface area contributed by atoms with Gasteiger partial charge in [-0.1, -0.05) is 43.1 Å². The molecule has 1 aromatic carbocycles. The maximum absolute atomic E-state index is 11.3. The average molecular weight is 311 g/mol. The molecule has 1 atom stereocenters. The molecule has 1 saturated heterocycles. The molecule has 100 valence electrons. The van der Waals surface area contributed by atoms with Gasteiger partial charge in [-0.15, -0.1) is 12.4 Å². The van der Waals surface area contributed by atoms with E-state index in [9.17, 15) is 4.79 Å². The Bertz CT molecular complexity index is 442. The first-order chi connectivity index (χ1) is 7.92. The van der Waals surface area contributed by atoms with Crippen molar-refractivity contribution in [1.29, 1.82) is 0 Å². The first-order valence-electron chi connectivity index (χ1n) is 5.29. The number of carbonyl (C=O) groups excluding carboxylic acids is 1. The molecule has 1 amide bonds. The van der Waals surface area contributed by atoms with Gasteiger partial charge in [0.05, 0.1) is 6.04 Å². The van der Waals surface area contributed by atoms with Gasteiger partial charge in [0, 0.05) is 21.0 Å². The standard InChI is InChI=1S/C12H13Cl2NO2.ClH/c1-12(2)6-17-11(16)15-10(12)9-7(13)4-3-5-8(9)14;/h3-5,10H,6H2,1-2H3,(H,15,16);1H/t10-;/m0./s1. The lowest BCUT2D eigenvalue weighted by Gasteiger charge is -2.39. The first-order valence-corrected chi connectivity index (χ1v) is 6.04. The fourth-order valence-electron chi connectivity index (χ4n) is 1.94. The Morgan fingerprint density at radius 3 is 2.44 bits per heavy atom. The summed E-state index contributed by atoms with van der Waals surface area (Å²) in [6.07, 6.45) is -0.440. The van der Waals surface area contributed by atoms with E-state index in [0.29, 0.717) is 16.7 Å². The first kappa shape index (κ1) is 15.4. The van der Waals surface area contributed by atoms with Crippen LogP contribution < -0.4 is 5.32 Å². The molecule has 0 spiro atoms. The fraction of sp³-hybridized carbons (Fsp3) is 0.417. The lowest BCUT2D eigenvalue weighted by molar-refractivity contribution is 0.0388. The highest BCUT2D eigenvalue weighted by Crippen LogP contribution is 2.42. The summed E-state index contributed by atoms with van der Waals surface area (Å²) in [6.45, 7) is 4.33. The summed E-state index contributed by atoms with van der Waals surface area (Å²) in [5.41, 5.74) is 0.486. The predicted octanol–water partition coefficient (Wildman–Crippen LogP) is 4.22. The molecule has 0 saturated carbocycles. The summed E-state index contributed by atoms with van der Waals surface area (Å²) in [6, 6.07) is 5.06. The highest BCUT2D eigenvalue weighted by Gasteiger charge is 2.39. The van der Waals surface area contributed by atoms with E-state index >= 15 is 0 Å². The van der Waals surface area contributed by atoms with Gasteiger partial charge in [0.1, 0.15) is 6.61 Å². The molecule has 1 N–H and O–H groups in total. The summed E-state index contributed by atoms with van der Waals surface area (Å²) in [7, 11) is 0. The lowest BCUT2D eigenvalue weighted by Crippen LogP contribution is -2.47. The average Bonchev–Trinajstić information content (AvgIpc) is 2.23. The van der Waals surface area contributed by atoms with Gasteiger partial charge >= 0.3 is 6.09 Å². The third kappa shape index (κ3) is 2.85. The van der Waals surface area contributed by atoms with E-state index in [0.717, 1.165) is 5.56 Å². The smallest absolute Gasteiger partial charge is 0.407 e. The quantitative estimate of drug-likeness (QED) is 0.843. The SMILES string of the molecule is CC1(C)COC(=O)N[C@H]1c1c(Cl)cccc1Cl.Cl. The van der Waals surface area contributed by atoms with Gasteiger partial charge in [-0.05, 0) is 12.1 Å². The van der Waals surface area contributed by atoms with Crippen molar-refractivity contribution in [2.45, 2.75) is 19.9 Å². The molecule has 3 nitrogen and oxygen atoms in total. The van der Waals surface area contributed by atoms with Crippen LogP contribution in [0.25, 0.3) is 0 Å². The number of benzene rings is 1. The second-order valence-corrected chi connectivity index (χ2v) is 5.59. The predicted molar refractivity (Wildman–Crippen MR) is 74.7 cm³/mol. The van der Waals surface area contributed by atoms with Gasteiger partial charge in [-0.3, -0.25) is 0 Å². The van der Waals surface area contributed by atoms with Crippen LogP contribution in [0, 0.1) is 5.41 Å². The largest absolute Gasteiger partial charge is 0.449 e. The number of halogens is 3. The van der Waals surface area contributed by atoms with E-state index in [4.69, 9.17) is 27.9 Å². The van der Waals surface area contributed by atoms with E-state index < -0.39 is 6.09 Å². The van der Waals surface area contributed by atoms with E-state index in [-0.39, 0.29) is 23.9 Å². The van der Waals surface area contributed by atoms with Gasteiger partial charge in [-0.25, -0.2) is 4.79 Å². The third-order valence-electron chi connectivity index (χ3n) is 2.91. The van der Waals surface area contributed by atoms with Crippen molar-refractivity contribution in [2.24, 2.45) is 5.41 Å². The van der Waals surface area contributed by atoms with Crippen LogP contribution in [0.1, 0.15) is 25.5 Å². The van der Waals surface area contributed by atoms with Crippen LogP contribution in [-0.2, 0) is 4.74 Å². The van der Waals surface area contributed by atoms with Crippen molar-refractivity contribution >= 4 is 41.7 Å². The van der Waals surface area contributed by atoms with E-state index in [2.05, 4.69) is 5.32 Å². The summed E-state index contributed by atoms with van der Waals surface area (Å²) < 4.78 is 4.99. The molecule has 6 heteroatoms. The monoisotopic (exact) mass is 309 g/mol. The van der Waals surface area contributed by atoms with E-state index in [1.807, 2.05) is 13.8 Å². The zero-order valence-corrected chi connectivity index (χ0v) is 12.3. The molecule has 0 bridgehead atoms. The van der Waals surface area contributed by atoms with Crippen molar-refractivity contribution in [3.05, 3.63) is 33.8 Å². The van der Waals surface area contributed by atoms with Crippen molar-refractivity contribution < 1.29 is 9.53 Å². The van der Waals surface area contributed by atoms with Gasteiger partial charge in [0.2, 0.25) is 0 Å². The van der Waals surface area contributed by atoms with Crippen LogP contribution in [0.3, 0.4) is 0 Å². The van der Waals surface area contributed by atoms with E-state index in [1.165, 1.54) is 0 Å². The Labute approximate surface area is 122 Å². The number of alkyl carbamates (subject to hydrolysis) is 1. The summed E-state index contributed by atoms with van der Waals surface area (Å²) in [4.78, 5) is 11.3. The molecular weight excluding hydrogens is 296 g/mol. The molecule has 1 aliphatic rings. The van der Waals surface area contributed by atoms with Crippen molar-refractivity contribution in [2.75, 3.05) is 6.61 Å². The van der Waals surface area contributed by atoms with E-state index in [1.54, 1.807) is 18.2 Å². The Balaban J connectivity index is 0.00000162. The maximum atomic E-state index is 11.3. The number of rotatable bonds is 1. The fourth-order valence-corrected chi connectivity index (χ4v) is 2.55. The third-order valence-corrected chi connectivity index (χ3v) is 3.57. The molecule has 1 heterocycles. The Morgan fingerprint density at radius 1 is 1.33 bits per heavy atom. The summed E-state index contributed by atoms with van der Waals surface area (Å²) >= 11 is 12.3. The Hall–Kier alpha value is -0.640. The highest BCUT2D eigenvalue weighted by atomic mass is 35.5. The van der Waals surface area contributed by atoms with Crippen molar-refractivity contribution in [3.63, 3.8) is 0 Å². The Morgan fingerprint density at radius 2 is 1.89 bits per heavy atom. The number of amides is 1. The second-order valence-electron chi connectivity index (χ2n) is 4.78. The number of nitrogens with one attached hydrogen (secondary N) is 1. The number of carbonyl (C=O) groups is 1. The zero-order chi connectivity index (χ0) is 12.6. The molecule has 1 aliphatic heterocycles. The second kappa shape index (κ2) is 5.55. The normalized spacial score (nSPS) is 21.6. The molecule has 0 aromatic heterocycles. The molecule has 0 radical (unpaired) electrons. The number of hydrogen-bond donors (Lipinski definition) is 1.